The van der Waals surface area contributed by atoms with Crippen LogP contribution in [0.5, 0.6) is 5.88 Å². The molecule has 0 N–H and O–H groups in total. The van der Waals surface area contributed by atoms with Gasteiger partial charge in [-0.2, -0.15) is 0 Å². The van der Waals surface area contributed by atoms with Gasteiger partial charge in [0.1, 0.15) is 11.1 Å². The first-order valence-corrected chi connectivity index (χ1v) is 9.99. The monoisotopic (exact) mass is 401 g/mol. The minimum absolute atomic E-state index is 0.0266. The largest absolute Gasteiger partial charge is 0.471 e. The molecule has 1 aromatic heterocycles. The van der Waals surface area contributed by atoms with Crippen LogP contribution >= 0.6 is 11.6 Å². The number of pyridine rings is 1. The zero-order valence-electron chi connectivity index (χ0n) is 15.9. The van der Waals surface area contributed by atoms with Gasteiger partial charge in [-0.05, 0) is 30.7 Å². The number of aryl methyl sites for hydroxylation is 1. The van der Waals surface area contributed by atoms with Crippen LogP contribution in [-0.2, 0) is 4.74 Å². The number of carbonyl (C=O) groups is 1. The molecule has 0 radical (unpaired) electrons. The van der Waals surface area contributed by atoms with E-state index >= 15 is 0 Å². The van der Waals surface area contributed by atoms with E-state index in [4.69, 9.17) is 21.1 Å². The molecule has 2 aliphatic heterocycles. The summed E-state index contributed by atoms with van der Waals surface area (Å²) < 4.78 is 11.1. The van der Waals surface area contributed by atoms with Gasteiger partial charge in [0.05, 0.1) is 18.8 Å². The summed E-state index contributed by atoms with van der Waals surface area (Å²) in [5.41, 5.74) is 2.93. The second kappa shape index (κ2) is 8.37. The fourth-order valence-corrected chi connectivity index (χ4v) is 3.78. The molecule has 4 rings (SSSR count). The average molecular weight is 402 g/mol. The first-order chi connectivity index (χ1) is 13.6. The number of halogens is 1. The molecule has 2 saturated heterocycles. The summed E-state index contributed by atoms with van der Waals surface area (Å²) in [6, 6.07) is 10.1. The van der Waals surface area contributed by atoms with E-state index in [0.29, 0.717) is 42.8 Å². The highest BCUT2D eigenvalue weighted by Crippen LogP contribution is 2.26. The Hall–Kier alpha value is -2.31. The molecule has 1 amide bonds. The third kappa shape index (κ3) is 4.23. The Balaban J connectivity index is 1.37. The minimum atomic E-state index is -0.0472. The van der Waals surface area contributed by atoms with Gasteiger partial charge in [0.2, 0.25) is 5.88 Å². The summed E-state index contributed by atoms with van der Waals surface area (Å²) in [4.78, 5) is 21.3. The average Bonchev–Trinajstić information content (AvgIpc) is 3.22. The van der Waals surface area contributed by atoms with Crippen molar-refractivity contribution in [1.82, 2.24) is 9.88 Å². The molecule has 2 fully saturated rings. The second-order valence-corrected chi connectivity index (χ2v) is 7.64. The lowest BCUT2D eigenvalue weighted by Gasteiger charge is -2.36. The predicted molar refractivity (Wildman–Crippen MR) is 108 cm³/mol. The van der Waals surface area contributed by atoms with Crippen molar-refractivity contribution in [2.45, 2.75) is 19.4 Å². The van der Waals surface area contributed by atoms with E-state index in [1.54, 1.807) is 12.3 Å². The number of rotatable bonds is 4. The first-order valence-electron chi connectivity index (χ1n) is 9.61. The Labute approximate surface area is 170 Å². The van der Waals surface area contributed by atoms with Gasteiger partial charge in [0.15, 0.2) is 0 Å². The molecule has 1 aromatic carbocycles. The number of ether oxygens (including phenoxy) is 2. The molecule has 0 spiro atoms. The van der Waals surface area contributed by atoms with Gasteiger partial charge in [-0.1, -0.05) is 23.7 Å². The number of anilines is 1. The molecule has 2 aromatic rings. The van der Waals surface area contributed by atoms with E-state index in [-0.39, 0.29) is 12.0 Å². The highest BCUT2D eigenvalue weighted by Gasteiger charge is 2.24. The number of piperazine rings is 1. The Kier molecular flexibility index (Phi) is 5.69. The third-order valence-corrected chi connectivity index (χ3v) is 5.43. The molecule has 7 heteroatoms. The molecular formula is C21H24ClN3O3. The molecule has 3 heterocycles. The van der Waals surface area contributed by atoms with Gasteiger partial charge in [-0.25, -0.2) is 4.98 Å². The lowest BCUT2D eigenvalue weighted by atomic mass is 10.1. The summed E-state index contributed by atoms with van der Waals surface area (Å²) in [6.07, 6.45) is 2.34. The molecule has 148 valence electrons. The Bertz CT molecular complexity index is 847. The van der Waals surface area contributed by atoms with Crippen LogP contribution in [0.3, 0.4) is 0 Å². The van der Waals surface area contributed by atoms with Crippen LogP contribution in [0, 0.1) is 6.92 Å². The minimum Gasteiger partial charge on any atom is -0.471 e. The van der Waals surface area contributed by atoms with Gasteiger partial charge in [-0.3, -0.25) is 4.79 Å². The standard InChI is InChI=1S/C21H24ClN3O3/c1-15-3-2-4-17(11-15)24-6-8-25(9-7-24)21(26)16-12-19(22)20(23-13-16)28-18-5-10-27-14-18/h2-4,11-13,18H,5-10,14H2,1H3. The zero-order chi connectivity index (χ0) is 19.5. The number of amides is 1. The van der Waals surface area contributed by atoms with Crippen molar-refractivity contribution in [3.05, 3.63) is 52.7 Å². The van der Waals surface area contributed by atoms with E-state index in [1.807, 2.05) is 4.90 Å². The summed E-state index contributed by atoms with van der Waals surface area (Å²) in [5, 5.41) is 0.358. The van der Waals surface area contributed by atoms with E-state index in [2.05, 4.69) is 41.1 Å². The van der Waals surface area contributed by atoms with Gasteiger partial charge >= 0.3 is 0 Å². The van der Waals surface area contributed by atoms with Crippen molar-refractivity contribution in [2.24, 2.45) is 0 Å². The number of aromatic nitrogens is 1. The Morgan fingerprint density at radius 1 is 1.25 bits per heavy atom. The van der Waals surface area contributed by atoms with Gasteiger partial charge in [-0.15, -0.1) is 0 Å². The second-order valence-electron chi connectivity index (χ2n) is 7.23. The molecule has 0 saturated carbocycles. The zero-order valence-corrected chi connectivity index (χ0v) is 16.7. The maximum absolute atomic E-state index is 12.9. The van der Waals surface area contributed by atoms with Crippen LogP contribution in [0.4, 0.5) is 5.69 Å². The highest BCUT2D eigenvalue weighted by atomic mass is 35.5. The predicted octanol–water partition coefficient (Wildman–Crippen LogP) is 3.17. The quantitative estimate of drug-likeness (QED) is 0.787. The number of hydrogen-bond donors (Lipinski definition) is 0. The molecule has 0 aliphatic carbocycles. The van der Waals surface area contributed by atoms with Crippen molar-refractivity contribution in [3.63, 3.8) is 0 Å². The summed E-state index contributed by atoms with van der Waals surface area (Å²) in [7, 11) is 0. The van der Waals surface area contributed by atoms with Gasteiger partial charge in [0.25, 0.3) is 5.91 Å². The van der Waals surface area contributed by atoms with Crippen LogP contribution in [-0.4, -0.2) is 61.3 Å². The van der Waals surface area contributed by atoms with Crippen molar-refractivity contribution in [1.29, 1.82) is 0 Å². The summed E-state index contributed by atoms with van der Waals surface area (Å²) in [5.74, 6) is 0.312. The van der Waals surface area contributed by atoms with E-state index in [0.717, 1.165) is 19.5 Å². The third-order valence-electron chi connectivity index (χ3n) is 5.15. The SMILES string of the molecule is Cc1cccc(N2CCN(C(=O)c3cnc(OC4CCOC4)c(Cl)c3)CC2)c1. The number of nitrogens with zero attached hydrogens (tertiary/aromatic N) is 3. The first kappa shape index (κ1) is 19.0. The van der Waals surface area contributed by atoms with Crippen molar-refractivity contribution in [3.8, 4) is 5.88 Å². The molecule has 1 unspecified atom stereocenters. The Morgan fingerprint density at radius 3 is 2.75 bits per heavy atom. The molecule has 28 heavy (non-hydrogen) atoms. The molecule has 1 atom stereocenters. The molecule has 6 nitrogen and oxygen atoms in total. The number of hydrogen-bond acceptors (Lipinski definition) is 5. The van der Waals surface area contributed by atoms with Crippen molar-refractivity contribution < 1.29 is 14.3 Å². The summed E-state index contributed by atoms with van der Waals surface area (Å²) >= 11 is 6.30. The summed E-state index contributed by atoms with van der Waals surface area (Å²) in [6.45, 7) is 6.27. The normalized spacial score (nSPS) is 19.7. The molecule has 2 aliphatic rings. The van der Waals surface area contributed by atoms with Gasteiger partial charge < -0.3 is 19.3 Å². The van der Waals surface area contributed by atoms with Crippen molar-refractivity contribution in [2.75, 3.05) is 44.3 Å². The van der Waals surface area contributed by atoms with E-state index < -0.39 is 0 Å². The van der Waals surface area contributed by atoms with Crippen LogP contribution in [0.1, 0.15) is 22.3 Å². The van der Waals surface area contributed by atoms with Crippen molar-refractivity contribution >= 4 is 23.2 Å². The number of benzene rings is 1. The maximum Gasteiger partial charge on any atom is 0.255 e. The lowest BCUT2D eigenvalue weighted by molar-refractivity contribution is 0.0746. The van der Waals surface area contributed by atoms with Crippen LogP contribution in [0.2, 0.25) is 5.02 Å². The molecular weight excluding hydrogens is 378 g/mol. The van der Waals surface area contributed by atoms with Crippen LogP contribution in [0.15, 0.2) is 36.5 Å². The smallest absolute Gasteiger partial charge is 0.255 e. The van der Waals surface area contributed by atoms with Gasteiger partial charge in [0, 0.05) is 44.5 Å². The Morgan fingerprint density at radius 2 is 2.07 bits per heavy atom. The topological polar surface area (TPSA) is 54.9 Å². The maximum atomic E-state index is 12.9. The fourth-order valence-electron chi connectivity index (χ4n) is 3.57. The van der Waals surface area contributed by atoms with Crippen LogP contribution < -0.4 is 9.64 Å². The van der Waals surface area contributed by atoms with Crippen LogP contribution in [0.25, 0.3) is 0 Å². The highest BCUT2D eigenvalue weighted by molar-refractivity contribution is 6.32. The van der Waals surface area contributed by atoms with E-state index in [9.17, 15) is 4.79 Å². The molecule has 0 bridgehead atoms. The van der Waals surface area contributed by atoms with E-state index in [1.165, 1.54) is 11.3 Å². The fraction of sp³-hybridized carbons (Fsp3) is 0.429. The lowest BCUT2D eigenvalue weighted by Crippen LogP contribution is -2.48. The number of carbonyl (C=O) groups excluding carboxylic acids is 1.